The first-order valence-corrected chi connectivity index (χ1v) is 17.8. The molecule has 1 aliphatic rings. The highest BCUT2D eigenvalue weighted by molar-refractivity contribution is 6.31. The van der Waals surface area contributed by atoms with Crippen molar-refractivity contribution in [2.24, 2.45) is 0 Å². The Bertz CT molecular complexity index is 1830. The molecule has 1 aliphatic heterocycles. The number of benzene rings is 5. The number of aliphatic hydroxyl groups is 2. The van der Waals surface area contributed by atoms with Gasteiger partial charge < -0.3 is 29.2 Å². The molecule has 0 amide bonds. The highest BCUT2D eigenvalue weighted by Gasteiger charge is 2.57. The Labute approximate surface area is 305 Å². The summed E-state index contributed by atoms with van der Waals surface area (Å²) in [6, 6.07) is 41.4. The van der Waals surface area contributed by atoms with Gasteiger partial charge in [-0.2, -0.15) is 0 Å². The summed E-state index contributed by atoms with van der Waals surface area (Å²) in [6.45, 7) is 6.34. The Morgan fingerprint density at radius 3 is 1.73 bits per heavy atom. The predicted molar refractivity (Wildman–Crippen MR) is 201 cm³/mol. The van der Waals surface area contributed by atoms with Crippen molar-refractivity contribution >= 4 is 17.7 Å². The zero-order valence-electron chi connectivity index (χ0n) is 28.9. The quantitative estimate of drug-likeness (QED) is 0.114. The van der Waals surface area contributed by atoms with E-state index in [4.69, 9.17) is 30.5 Å². The second kappa shape index (κ2) is 17.4. The molecule has 5 atom stereocenters. The molecule has 51 heavy (non-hydrogen) atoms. The molecule has 0 saturated carbocycles. The van der Waals surface area contributed by atoms with Gasteiger partial charge in [-0.05, 0) is 63.9 Å². The number of halogens is 1. The maximum atomic E-state index is 13.0. The van der Waals surface area contributed by atoms with Crippen molar-refractivity contribution in [3.05, 3.63) is 184 Å². The molecule has 6 rings (SSSR count). The monoisotopic (exact) mass is 704 g/mol. The molecule has 0 spiro atoms. The number of aliphatic hydroxyl groups excluding tert-OH is 1. The lowest BCUT2D eigenvalue weighted by Gasteiger charge is -2.50. The van der Waals surface area contributed by atoms with Crippen LogP contribution in [0, 0.1) is 0 Å². The zero-order valence-corrected chi connectivity index (χ0v) is 29.6. The van der Waals surface area contributed by atoms with Crippen LogP contribution < -0.4 is 0 Å². The van der Waals surface area contributed by atoms with Gasteiger partial charge in [0.2, 0.25) is 5.79 Å². The van der Waals surface area contributed by atoms with Crippen LogP contribution in [0.1, 0.15) is 51.4 Å². The van der Waals surface area contributed by atoms with E-state index in [0.717, 1.165) is 34.2 Å². The Morgan fingerprint density at radius 1 is 0.706 bits per heavy atom. The van der Waals surface area contributed by atoms with Crippen molar-refractivity contribution in [3.63, 3.8) is 0 Å². The maximum Gasteiger partial charge on any atom is 0.223 e. The molecule has 0 bridgehead atoms. The number of aryl methyl sites for hydroxylation is 1. The lowest BCUT2D eigenvalue weighted by Crippen LogP contribution is -2.65. The van der Waals surface area contributed by atoms with Gasteiger partial charge in [0, 0.05) is 10.6 Å². The van der Waals surface area contributed by atoms with Crippen LogP contribution in [-0.4, -0.2) is 41.2 Å². The fourth-order valence-electron chi connectivity index (χ4n) is 6.58. The molecule has 0 radical (unpaired) electrons. The third-order valence-corrected chi connectivity index (χ3v) is 9.73. The molecule has 5 aromatic rings. The van der Waals surface area contributed by atoms with Gasteiger partial charge in [0.15, 0.2) is 0 Å². The van der Waals surface area contributed by atoms with Crippen molar-refractivity contribution in [3.8, 4) is 0 Å². The van der Waals surface area contributed by atoms with Crippen molar-refractivity contribution < 1.29 is 29.2 Å². The first kappa shape index (κ1) is 36.7. The molecule has 1 unspecified atom stereocenters. The molecule has 0 aliphatic carbocycles. The summed E-state index contributed by atoms with van der Waals surface area (Å²) in [7, 11) is 0. The van der Waals surface area contributed by atoms with Crippen LogP contribution in [0.2, 0.25) is 5.02 Å². The maximum absolute atomic E-state index is 13.0. The van der Waals surface area contributed by atoms with E-state index < -0.39 is 36.8 Å². The molecule has 2 N–H and O–H groups in total. The van der Waals surface area contributed by atoms with Crippen LogP contribution in [0.3, 0.4) is 0 Å². The average Bonchev–Trinajstić information content (AvgIpc) is 3.18. The largest absolute Gasteiger partial charge is 0.394 e. The van der Waals surface area contributed by atoms with Crippen molar-refractivity contribution in [2.75, 3.05) is 6.61 Å². The van der Waals surface area contributed by atoms with Gasteiger partial charge in [-0.25, -0.2) is 0 Å². The smallest absolute Gasteiger partial charge is 0.223 e. The summed E-state index contributed by atoms with van der Waals surface area (Å²) in [5.74, 6) is -2.11. The van der Waals surface area contributed by atoms with Gasteiger partial charge in [0.1, 0.15) is 24.4 Å². The summed E-state index contributed by atoms with van der Waals surface area (Å²) in [6.07, 6.45) is -0.663. The molecule has 0 aromatic heterocycles. The van der Waals surface area contributed by atoms with E-state index in [2.05, 4.69) is 37.8 Å². The van der Waals surface area contributed by atoms with E-state index in [1.165, 1.54) is 5.56 Å². The first-order chi connectivity index (χ1) is 24.9. The molecular weight excluding hydrogens is 660 g/mol. The van der Waals surface area contributed by atoms with Gasteiger partial charge in [0.05, 0.1) is 26.4 Å². The minimum Gasteiger partial charge on any atom is -0.394 e. The molecule has 6 nitrogen and oxygen atoms in total. The SMILES string of the molecule is C=Cc1cc(Cl)c(Cc2ccc(CC)cc2)cc1C1(O)O[C@H](CO)[C@@H](OCc2ccccc2)[C@H](OCc2ccccc2)[C@H]1OCc1ccccc1. The second-order valence-corrected chi connectivity index (χ2v) is 13.3. The van der Waals surface area contributed by atoms with E-state index in [0.29, 0.717) is 22.6 Å². The third-order valence-electron chi connectivity index (χ3n) is 9.38. The van der Waals surface area contributed by atoms with Gasteiger partial charge in [-0.1, -0.05) is 146 Å². The van der Waals surface area contributed by atoms with Crippen LogP contribution >= 0.6 is 11.6 Å². The fraction of sp³-hybridized carbons (Fsp3) is 0.273. The van der Waals surface area contributed by atoms with E-state index in [1.807, 2.05) is 97.1 Å². The summed E-state index contributed by atoms with van der Waals surface area (Å²) in [5.41, 5.74) is 6.89. The number of rotatable bonds is 15. The molecule has 1 saturated heterocycles. The number of ether oxygens (including phenoxy) is 4. The highest BCUT2D eigenvalue weighted by Crippen LogP contribution is 2.44. The fourth-order valence-corrected chi connectivity index (χ4v) is 6.81. The molecule has 1 fully saturated rings. The molecular formula is C44H45ClO6. The molecule has 5 aromatic carbocycles. The predicted octanol–water partition coefficient (Wildman–Crippen LogP) is 8.43. The first-order valence-electron chi connectivity index (χ1n) is 17.4. The highest BCUT2D eigenvalue weighted by atomic mass is 35.5. The van der Waals surface area contributed by atoms with Gasteiger partial charge in [-0.3, -0.25) is 0 Å². The number of hydrogen-bond donors (Lipinski definition) is 2. The summed E-state index contributed by atoms with van der Waals surface area (Å²) in [4.78, 5) is 0. The Hall–Kier alpha value is -4.11. The minimum absolute atomic E-state index is 0.158. The van der Waals surface area contributed by atoms with Crippen molar-refractivity contribution in [2.45, 2.75) is 69.8 Å². The third kappa shape index (κ3) is 8.86. The minimum atomic E-state index is -2.11. The van der Waals surface area contributed by atoms with Gasteiger partial charge in [0.25, 0.3) is 0 Å². The Morgan fingerprint density at radius 2 is 1.22 bits per heavy atom. The van der Waals surface area contributed by atoms with Gasteiger partial charge in [-0.15, -0.1) is 0 Å². The lowest BCUT2D eigenvalue weighted by atomic mass is 9.84. The van der Waals surface area contributed by atoms with Crippen LogP contribution in [0.5, 0.6) is 0 Å². The lowest BCUT2D eigenvalue weighted by molar-refractivity contribution is -0.377. The van der Waals surface area contributed by atoms with Crippen molar-refractivity contribution in [1.82, 2.24) is 0 Å². The van der Waals surface area contributed by atoms with E-state index >= 15 is 0 Å². The molecule has 264 valence electrons. The summed E-state index contributed by atoms with van der Waals surface area (Å²) >= 11 is 6.89. The molecule has 7 heteroatoms. The van der Waals surface area contributed by atoms with Crippen molar-refractivity contribution in [1.29, 1.82) is 0 Å². The van der Waals surface area contributed by atoms with Crippen LogP contribution in [0.15, 0.2) is 134 Å². The average molecular weight is 705 g/mol. The van der Waals surface area contributed by atoms with Crippen LogP contribution in [0.4, 0.5) is 0 Å². The standard InChI is InChI=1S/C44H45ClO6/c1-3-31-20-22-32(23-21-31)24-37-25-38(36(4-2)26-39(37)45)44(47)43(50-30-35-18-12-7-13-19-35)42(49-29-34-16-10-6-11-17-34)41(40(27-46)51-44)48-28-33-14-8-5-9-15-33/h4-23,25-26,40-43,46-47H,2-3,24,27-30H2,1H3/t40-,41-,42+,43-,44?/m1/s1. The Kier molecular flexibility index (Phi) is 12.5. The second-order valence-electron chi connectivity index (χ2n) is 12.9. The van der Waals surface area contributed by atoms with Crippen LogP contribution in [0.25, 0.3) is 6.08 Å². The van der Waals surface area contributed by atoms with Gasteiger partial charge >= 0.3 is 0 Å². The Balaban J connectivity index is 1.44. The topological polar surface area (TPSA) is 77.4 Å². The van der Waals surface area contributed by atoms with E-state index in [9.17, 15) is 10.2 Å². The van der Waals surface area contributed by atoms with E-state index in [1.54, 1.807) is 12.1 Å². The zero-order chi connectivity index (χ0) is 35.6. The molecule has 1 heterocycles. The van der Waals surface area contributed by atoms with E-state index in [-0.39, 0.29) is 19.8 Å². The number of hydrogen-bond acceptors (Lipinski definition) is 6. The van der Waals surface area contributed by atoms with Crippen LogP contribution in [-0.2, 0) is 57.4 Å². The summed E-state index contributed by atoms with van der Waals surface area (Å²) < 4.78 is 26.5. The normalized spacial score (nSPS) is 21.7. The summed E-state index contributed by atoms with van der Waals surface area (Å²) in [5, 5.41) is 24.4.